The average Bonchev–Trinajstić information content (AvgIpc) is 2.61. The molecule has 2 N–H and O–H groups in total. The minimum absolute atomic E-state index is 0.00134. The lowest BCUT2D eigenvalue weighted by Crippen LogP contribution is -2.38. The van der Waals surface area contributed by atoms with Gasteiger partial charge in [0.1, 0.15) is 0 Å². The van der Waals surface area contributed by atoms with E-state index in [0.717, 1.165) is 24.8 Å². The molecule has 0 spiro atoms. The number of amides is 1. The average molecular weight is 345 g/mol. The van der Waals surface area contributed by atoms with Crippen molar-refractivity contribution in [3.8, 4) is 0 Å². The van der Waals surface area contributed by atoms with Crippen molar-refractivity contribution >= 4 is 15.9 Å². The van der Waals surface area contributed by atoms with E-state index in [2.05, 4.69) is 4.98 Å². The Morgan fingerprint density at radius 2 is 1.92 bits per heavy atom. The van der Waals surface area contributed by atoms with Gasteiger partial charge in [-0.3, -0.25) is 4.79 Å². The topological polar surface area (TPSA) is 93.4 Å². The van der Waals surface area contributed by atoms with Crippen molar-refractivity contribution in [2.45, 2.75) is 30.3 Å². The van der Waals surface area contributed by atoms with Gasteiger partial charge in [-0.05, 0) is 37.0 Å². The zero-order chi connectivity index (χ0) is 17.2. The molecule has 1 amide bonds. The fraction of sp³-hybridized carbons (Fsp3) is 0.294. The number of carbonyl (C=O) groups excluding carboxylic acids is 1. The highest BCUT2D eigenvalue weighted by Crippen LogP contribution is 2.32. The van der Waals surface area contributed by atoms with Crippen molar-refractivity contribution in [3.63, 3.8) is 0 Å². The van der Waals surface area contributed by atoms with Gasteiger partial charge < -0.3 is 4.90 Å². The number of hydrogen-bond acceptors (Lipinski definition) is 4. The molecule has 1 fully saturated rings. The van der Waals surface area contributed by atoms with Crippen LogP contribution in [0.3, 0.4) is 0 Å². The first kappa shape index (κ1) is 16.6. The van der Waals surface area contributed by atoms with Crippen LogP contribution in [0.1, 0.15) is 41.2 Å². The van der Waals surface area contributed by atoms with E-state index in [1.807, 2.05) is 30.3 Å². The van der Waals surface area contributed by atoms with E-state index in [-0.39, 0.29) is 22.5 Å². The predicted octanol–water partition coefficient (Wildman–Crippen LogP) is 2.10. The number of hydrogen-bond donors (Lipinski definition) is 1. The molecule has 0 radical (unpaired) electrons. The fourth-order valence-electron chi connectivity index (χ4n) is 3.06. The molecule has 1 aromatic heterocycles. The van der Waals surface area contributed by atoms with Crippen LogP contribution in [-0.4, -0.2) is 30.8 Å². The lowest BCUT2D eigenvalue weighted by Gasteiger charge is -2.36. The molecule has 7 heteroatoms. The van der Waals surface area contributed by atoms with E-state index in [9.17, 15) is 13.2 Å². The van der Waals surface area contributed by atoms with Crippen LogP contribution < -0.4 is 5.14 Å². The quantitative estimate of drug-likeness (QED) is 0.922. The molecule has 2 heterocycles. The summed E-state index contributed by atoms with van der Waals surface area (Å²) in [6.45, 7) is 0.644. The number of benzene rings is 1. The second-order valence-electron chi connectivity index (χ2n) is 5.85. The predicted molar refractivity (Wildman–Crippen MR) is 89.7 cm³/mol. The van der Waals surface area contributed by atoms with E-state index in [1.165, 1.54) is 18.3 Å². The number of piperidine rings is 1. The minimum Gasteiger partial charge on any atom is -0.332 e. The molecular weight excluding hydrogens is 326 g/mol. The summed E-state index contributed by atoms with van der Waals surface area (Å²) in [6, 6.07) is 12.6. The number of rotatable bonds is 3. The molecule has 2 aromatic rings. The van der Waals surface area contributed by atoms with E-state index >= 15 is 0 Å². The Morgan fingerprint density at radius 3 is 2.62 bits per heavy atom. The van der Waals surface area contributed by atoms with Gasteiger partial charge in [-0.1, -0.05) is 30.3 Å². The van der Waals surface area contributed by atoms with Gasteiger partial charge in [0.05, 0.1) is 6.04 Å². The first-order valence-electron chi connectivity index (χ1n) is 7.81. The third-order valence-corrected chi connectivity index (χ3v) is 5.03. The van der Waals surface area contributed by atoms with Gasteiger partial charge in [0, 0.05) is 18.3 Å². The number of sulfonamides is 1. The molecule has 1 aromatic carbocycles. The summed E-state index contributed by atoms with van der Waals surface area (Å²) < 4.78 is 22.9. The normalized spacial score (nSPS) is 18.4. The monoisotopic (exact) mass is 345 g/mol. The summed E-state index contributed by atoms with van der Waals surface area (Å²) in [4.78, 5) is 18.5. The minimum atomic E-state index is -3.94. The fourth-order valence-corrected chi connectivity index (χ4v) is 3.56. The third-order valence-electron chi connectivity index (χ3n) is 4.22. The van der Waals surface area contributed by atoms with Crippen LogP contribution >= 0.6 is 0 Å². The number of pyridine rings is 1. The summed E-state index contributed by atoms with van der Waals surface area (Å²) in [5.74, 6) is -0.198. The second kappa shape index (κ2) is 6.70. The van der Waals surface area contributed by atoms with Crippen molar-refractivity contribution < 1.29 is 13.2 Å². The molecule has 1 aliphatic heterocycles. The lowest BCUT2D eigenvalue weighted by molar-refractivity contribution is 0.0611. The SMILES string of the molecule is NS(=O)(=O)c1cc(C(=O)N2CCCC[C@@H]2c2ccccc2)ccn1. The van der Waals surface area contributed by atoms with Crippen molar-refractivity contribution in [1.29, 1.82) is 0 Å². The highest BCUT2D eigenvalue weighted by atomic mass is 32.2. The Balaban J connectivity index is 1.93. The zero-order valence-corrected chi connectivity index (χ0v) is 13.9. The molecule has 0 unspecified atom stereocenters. The molecule has 24 heavy (non-hydrogen) atoms. The summed E-state index contributed by atoms with van der Waals surface area (Å²) in [7, 11) is -3.94. The summed E-state index contributed by atoms with van der Waals surface area (Å²) in [5.41, 5.74) is 1.38. The van der Waals surface area contributed by atoms with Gasteiger partial charge in [0.25, 0.3) is 15.9 Å². The van der Waals surface area contributed by atoms with Gasteiger partial charge in [0.15, 0.2) is 5.03 Å². The van der Waals surface area contributed by atoms with Crippen LogP contribution in [0, 0.1) is 0 Å². The molecule has 3 rings (SSSR count). The first-order valence-corrected chi connectivity index (χ1v) is 9.36. The van der Waals surface area contributed by atoms with E-state index in [4.69, 9.17) is 5.14 Å². The number of primary sulfonamides is 1. The third kappa shape index (κ3) is 3.47. The van der Waals surface area contributed by atoms with Crippen LogP contribution in [0.5, 0.6) is 0 Å². The molecule has 1 atom stereocenters. The van der Waals surface area contributed by atoms with E-state index < -0.39 is 10.0 Å². The molecule has 126 valence electrons. The van der Waals surface area contributed by atoms with E-state index in [0.29, 0.717) is 6.54 Å². The second-order valence-corrected chi connectivity index (χ2v) is 7.36. The zero-order valence-electron chi connectivity index (χ0n) is 13.1. The molecule has 1 aliphatic rings. The molecular formula is C17H19N3O3S. The Bertz CT molecular complexity index is 837. The number of aromatic nitrogens is 1. The van der Waals surface area contributed by atoms with Crippen LogP contribution in [0.2, 0.25) is 0 Å². The first-order chi connectivity index (χ1) is 11.5. The van der Waals surface area contributed by atoms with Crippen LogP contribution in [0.15, 0.2) is 53.7 Å². The van der Waals surface area contributed by atoms with Gasteiger partial charge in [0.2, 0.25) is 0 Å². The van der Waals surface area contributed by atoms with Crippen molar-refractivity contribution in [1.82, 2.24) is 9.88 Å². The maximum absolute atomic E-state index is 12.9. The van der Waals surface area contributed by atoms with Gasteiger partial charge in [-0.2, -0.15) is 0 Å². The number of likely N-dealkylation sites (tertiary alicyclic amines) is 1. The Labute approximate surface area is 141 Å². The van der Waals surface area contributed by atoms with Gasteiger partial charge in [-0.25, -0.2) is 18.5 Å². The summed E-state index contributed by atoms with van der Waals surface area (Å²) in [5, 5.41) is 4.82. The standard InChI is InChI=1S/C17H19N3O3S/c18-24(22,23)16-12-14(9-10-19-16)17(21)20-11-5-4-8-15(20)13-6-2-1-3-7-13/h1-3,6-7,9-10,12,15H,4-5,8,11H2,(H2,18,22,23)/t15-/m1/s1. The molecule has 1 saturated heterocycles. The van der Waals surface area contributed by atoms with Gasteiger partial charge >= 0.3 is 0 Å². The maximum atomic E-state index is 12.9. The number of carbonyl (C=O) groups is 1. The highest BCUT2D eigenvalue weighted by Gasteiger charge is 2.29. The lowest BCUT2D eigenvalue weighted by atomic mass is 9.94. The Kier molecular flexibility index (Phi) is 4.64. The Hall–Kier alpha value is -2.25. The maximum Gasteiger partial charge on any atom is 0.255 e. The molecule has 0 saturated carbocycles. The summed E-state index contributed by atoms with van der Waals surface area (Å²) in [6.07, 6.45) is 4.18. The molecule has 6 nitrogen and oxygen atoms in total. The van der Waals surface area contributed by atoms with Gasteiger partial charge in [-0.15, -0.1) is 0 Å². The highest BCUT2D eigenvalue weighted by molar-refractivity contribution is 7.89. The smallest absolute Gasteiger partial charge is 0.255 e. The number of nitrogens with zero attached hydrogens (tertiary/aromatic N) is 2. The molecule has 0 aliphatic carbocycles. The summed E-state index contributed by atoms with van der Waals surface area (Å²) >= 11 is 0. The van der Waals surface area contributed by atoms with Crippen LogP contribution in [0.4, 0.5) is 0 Å². The number of nitrogens with two attached hydrogens (primary N) is 1. The molecule has 0 bridgehead atoms. The van der Waals surface area contributed by atoms with Crippen molar-refractivity contribution in [2.24, 2.45) is 5.14 Å². The van der Waals surface area contributed by atoms with Crippen molar-refractivity contribution in [3.05, 3.63) is 59.8 Å². The van der Waals surface area contributed by atoms with Crippen LogP contribution in [0.25, 0.3) is 0 Å². The largest absolute Gasteiger partial charge is 0.332 e. The van der Waals surface area contributed by atoms with Crippen molar-refractivity contribution in [2.75, 3.05) is 6.54 Å². The van der Waals surface area contributed by atoms with Crippen LogP contribution in [-0.2, 0) is 10.0 Å². The van der Waals surface area contributed by atoms with E-state index in [1.54, 1.807) is 4.90 Å². The Morgan fingerprint density at radius 1 is 1.17 bits per heavy atom.